The molecule has 2 N–H and O–H groups in total. The van der Waals surface area contributed by atoms with Crippen LogP contribution in [0.15, 0.2) is 18.2 Å². The maximum atomic E-state index is 5.71. The molecule has 0 spiro atoms. The van der Waals surface area contributed by atoms with Crippen LogP contribution in [-0.4, -0.2) is 24.4 Å². The van der Waals surface area contributed by atoms with E-state index in [1.54, 1.807) is 0 Å². The van der Waals surface area contributed by atoms with Gasteiger partial charge in [0.2, 0.25) is 0 Å². The van der Waals surface area contributed by atoms with Crippen molar-refractivity contribution in [3.05, 3.63) is 18.2 Å². The van der Waals surface area contributed by atoms with Crippen molar-refractivity contribution in [2.45, 2.75) is 45.1 Å². The summed E-state index contributed by atoms with van der Waals surface area (Å²) in [6.45, 7) is 3.70. The van der Waals surface area contributed by atoms with Crippen molar-refractivity contribution in [1.29, 1.82) is 0 Å². The summed E-state index contributed by atoms with van der Waals surface area (Å²) >= 11 is 5.46. The van der Waals surface area contributed by atoms with Crippen molar-refractivity contribution >= 4 is 23.0 Å². The quantitative estimate of drug-likeness (QED) is 0.813. The fourth-order valence-electron chi connectivity index (χ4n) is 3.11. The molecule has 4 nitrogen and oxygen atoms in total. The van der Waals surface area contributed by atoms with Crippen LogP contribution in [0.3, 0.4) is 0 Å². The first kappa shape index (κ1) is 15.4. The smallest absolute Gasteiger partial charge is 0.171 e. The number of nitrogens with one attached hydrogen (secondary N) is 2. The lowest BCUT2D eigenvalue weighted by molar-refractivity contribution is 0.297. The molecule has 2 aliphatic rings. The van der Waals surface area contributed by atoms with Crippen LogP contribution in [0.4, 0.5) is 5.69 Å². The molecule has 2 atom stereocenters. The topological polar surface area (TPSA) is 42.5 Å². The van der Waals surface area contributed by atoms with Gasteiger partial charge in [0, 0.05) is 24.2 Å². The van der Waals surface area contributed by atoms with Gasteiger partial charge in [-0.3, -0.25) is 0 Å². The van der Waals surface area contributed by atoms with E-state index >= 15 is 0 Å². The summed E-state index contributed by atoms with van der Waals surface area (Å²) in [6, 6.07) is 6.36. The molecule has 3 rings (SSSR count). The molecular weight excluding hydrogens is 296 g/mol. The van der Waals surface area contributed by atoms with Crippen LogP contribution in [0.5, 0.6) is 11.5 Å². The third-order valence-corrected chi connectivity index (χ3v) is 4.65. The predicted octanol–water partition coefficient (Wildman–Crippen LogP) is 3.71. The van der Waals surface area contributed by atoms with E-state index in [2.05, 4.69) is 17.6 Å². The summed E-state index contributed by atoms with van der Waals surface area (Å²) in [5.74, 6) is 2.27. The van der Waals surface area contributed by atoms with Crippen LogP contribution in [0.1, 0.15) is 39.0 Å². The summed E-state index contributed by atoms with van der Waals surface area (Å²) in [5, 5.41) is 7.41. The van der Waals surface area contributed by atoms with E-state index in [4.69, 9.17) is 21.7 Å². The third kappa shape index (κ3) is 3.83. The second-order valence-corrected chi connectivity index (χ2v) is 6.59. The van der Waals surface area contributed by atoms with Crippen molar-refractivity contribution in [3.63, 3.8) is 0 Å². The number of thiocarbonyl (C=S) groups is 1. The van der Waals surface area contributed by atoms with Crippen molar-refractivity contribution in [2.24, 2.45) is 5.92 Å². The second kappa shape index (κ2) is 7.18. The molecule has 1 aliphatic carbocycles. The van der Waals surface area contributed by atoms with Crippen LogP contribution >= 0.6 is 12.2 Å². The molecule has 0 saturated heterocycles. The van der Waals surface area contributed by atoms with Gasteiger partial charge < -0.3 is 20.1 Å². The van der Waals surface area contributed by atoms with Crippen molar-refractivity contribution < 1.29 is 9.47 Å². The standard InChI is InChI=1S/C17H24N2O2S/c1-12-5-2-3-6-14(12)19-17(22)18-13-7-8-15-16(11-13)21-10-4-9-20-15/h7-8,11-12,14H,2-6,9-10H2,1H3,(H2,18,19,22)/t12-,14-/m1/s1. The van der Waals surface area contributed by atoms with Gasteiger partial charge in [-0.05, 0) is 43.1 Å². The molecule has 1 aliphatic heterocycles. The van der Waals surface area contributed by atoms with Gasteiger partial charge in [0.25, 0.3) is 0 Å². The Hall–Kier alpha value is -1.49. The number of ether oxygens (including phenoxy) is 2. The molecule has 1 saturated carbocycles. The number of benzene rings is 1. The van der Waals surface area contributed by atoms with Gasteiger partial charge in [-0.1, -0.05) is 19.8 Å². The molecule has 0 radical (unpaired) electrons. The van der Waals surface area contributed by atoms with Crippen molar-refractivity contribution in [3.8, 4) is 11.5 Å². The first-order chi connectivity index (χ1) is 10.7. The fraction of sp³-hybridized carbons (Fsp3) is 0.588. The minimum Gasteiger partial charge on any atom is -0.490 e. The first-order valence-corrected chi connectivity index (χ1v) is 8.60. The lowest BCUT2D eigenvalue weighted by Gasteiger charge is -2.30. The molecule has 22 heavy (non-hydrogen) atoms. The molecule has 0 unspecified atom stereocenters. The average molecular weight is 320 g/mol. The average Bonchev–Trinajstić information content (AvgIpc) is 2.74. The Kier molecular flexibility index (Phi) is 5.03. The molecule has 1 aromatic carbocycles. The Balaban J connectivity index is 1.60. The largest absolute Gasteiger partial charge is 0.490 e. The molecular formula is C17H24N2O2S. The molecule has 1 fully saturated rings. The van der Waals surface area contributed by atoms with Crippen LogP contribution in [-0.2, 0) is 0 Å². The van der Waals surface area contributed by atoms with Crippen LogP contribution in [0.2, 0.25) is 0 Å². The van der Waals surface area contributed by atoms with E-state index in [-0.39, 0.29) is 0 Å². The minimum absolute atomic E-state index is 0.481. The molecule has 120 valence electrons. The molecule has 0 aromatic heterocycles. The summed E-state index contributed by atoms with van der Waals surface area (Å²) < 4.78 is 11.4. The van der Waals surface area contributed by atoms with E-state index in [0.717, 1.165) is 23.6 Å². The number of hydrogen-bond donors (Lipinski definition) is 2. The Bertz CT molecular complexity index is 535. The monoisotopic (exact) mass is 320 g/mol. The Morgan fingerprint density at radius 3 is 2.68 bits per heavy atom. The van der Waals surface area contributed by atoms with Gasteiger partial charge in [-0.25, -0.2) is 0 Å². The zero-order valence-corrected chi connectivity index (χ0v) is 13.9. The Labute approximate surface area is 137 Å². The normalized spacial score (nSPS) is 24.2. The highest BCUT2D eigenvalue weighted by atomic mass is 32.1. The number of anilines is 1. The highest BCUT2D eigenvalue weighted by Crippen LogP contribution is 2.32. The molecule has 0 bridgehead atoms. The minimum atomic E-state index is 0.481. The van der Waals surface area contributed by atoms with Crippen LogP contribution < -0.4 is 20.1 Å². The summed E-state index contributed by atoms with van der Waals surface area (Å²) in [5.41, 5.74) is 0.935. The van der Waals surface area contributed by atoms with E-state index in [1.807, 2.05) is 18.2 Å². The van der Waals surface area contributed by atoms with Crippen molar-refractivity contribution in [1.82, 2.24) is 5.32 Å². The zero-order chi connectivity index (χ0) is 15.4. The highest BCUT2D eigenvalue weighted by molar-refractivity contribution is 7.80. The second-order valence-electron chi connectivity index (χ2n) is 6.18. The van der Waals surface area contributed by atoms with Gasteiger partial charge in [0.05, 0.1) is 13.2 Å². The highest BCUT2D eigenvalue weighted by Gasteiger charge is 2.21. The third-order valence-electron chi connectivity index (χ3n) is 4.43. The molecule has 1 aromatic rings. The predicted molar refractivity (Wildman–Crippen MR) is 92.8 cm³/mol. The van der Waals surface area contributed by atoms with Gasteiger partial charge in [-0.15, -0.1) is 0 Å². The number of rotatable bonds is 2. The van der Waals surface area contributed by atoms with Gasteiger partial charge >= 0.3 is 0 Å². The Morgan fingerprint density at radius 1 is 1.09 bits per heavy atom. The number of hydrogen-bond acceptors (Lipinski definition) is 3. The number of fused-ring (bicyclic) bond motifs is 1. The fourth-order valence-corrected chi connectivity index (χ4v) is 3.38. The van der Waals surface area contributed by atoms with E-state index < -0.39 is 0 Å². The molecule has 0 amide bonds. The summed E-state index contributed by atoms with van der Waals surface area (Å²) in [4.78, 5) is 0. The summed E-state index contributed by atoms with van der Waals surface area (Å²) in [6.07, 6.45) is 6.02. The van der Waals surface area contributed by atoms with Crippen LogP contribution in [0, 0.1) is 5.92 Å². The molecule has 5 heteroatoms. The van der Waals surface area contributed by atoms with Gasteiger partial charge in [0.1, 0.15) is 0 Å². The summed E-state index contributed by atoms with van der Waals surface area (Å²) in [7, 11) is 0. The van der Waals surface area contributed by atoms with E-state index in [1.165, 1.54) is 25.7 Å². The maximum absolute atomic E-state index is 5.71. The molecule has 1 heterocycles. The zero-order valence-electron chi connectivity index (χ0n) is 13.1. The van der Waals surface area contributed by atoms with Crippen molar-refractivity contribution in [2.75, 3.05) is 18.5 Å². The van der Waals surface area contributed by atoms with Gasteiger partial charge in [-0.2, -0.15) is 0 Å². The Morgan fingerprint density at radius 2 is 1.86 bits per heavy atom. The lowest BCUT2D eigenvalue weighted by Crippen LogP contribution is -2.43. The lowest BCUT2D eigenvalue weighted by atomic mass is 9.86. The van der Waals surface area contributed by atoms with Gasteiger partial charge in [0.15, 0.2) is 16.6 Å². The van der Waals surface area contributed by atoms with Crippen LogP contribution in [0.25, 0.3) is 0 Å². The SMILES string of the molecule is C[C@@H]1CCCC[C@H]1NC(=S)Nc1ccc2c(c1)OCCCO2. The van der Waals surface area contributed by atoms with E-state index in [9.17, 15) is 0 Å². The van der Waals surface area contributed by atoms with E-state index in [0.29, 0.717) is 30.3 Å². The first-order valence-electron chi connectivity index (χ1n) is 8.19. The maximum Gasteiger partial charge on any atom is 0.171 e.